The predicted molar refractivity (Wildman–Crippen MR) is 117 cm³/mol. The van der Waals surface area contributed by atoms with E-state index in [2.05, 4.69) is 29.4 Å². The third-order valence-electron chi connectivity index (χ3n) is 5.95. The van der Waals surface area contributed by atoms with Gasteiger partial charge in [-0.1, -0.05) is 56.5 Å². The molecule has 4 nitrogen and oxygen atoms in total. The fourth-order valence-corrected chi connectivity index (χ4v) is 4.32. The number of fused-ring (bicyclic) bond motifs is 1. The highest BCUT2D eigenvalue weighted by Gasteiger charge is 2.42. The molecule has 1 amide bonds. The third kappa shape index (κ3) is 3.84. The van der Waals surface area contributed by atoms with Crippen LogP contribution in [0.3, 0.4) is 0 Å². The molecule has 2 aromatic carbocycles. The van der Waals surface area contributed by atoms with Gasteiger partial charge in [-0.05, 0) is 49.1 Å². The van der Waals surface area contributed by atoms with Crippen LogP contribution in [0.25, 0.3) is 10.9 Å². The molecule has 29 heavy (non-hydrogen) atoms. The Morgan fingerprint density at radius 2 is 1.86 bits per heavy atom. The lowest BCUT2D eigenvalue weighted by Gasteiger charge is -2.28. The van der Waals surface area contributed by atoms with Gasteiger partial charge >= 0.3 is 0 Å². The van der Waals surface area contributed by atoms with Gasteiger partial charge < -0.3 is 10.1 Å². The lowest BCUT2D eigenvalue weighted by molar-refractivity contribution is -0.121. The van der Waals surface area contributed by atoms with E-state index in [1.54, 1.807) is 6.20 Å². The molecule has 0 atom stereocenters. The zero-order valence-corrected chi connectivity index (χ0v) is 17.0. The summed E-state index contributed by atoms with van der Waals surface area (Å²) in [5.74, 6) is 0.844. The molecule has 0 radical (unpaired) electrons. The predicted octanol–water partition coefficient (Wildman–Crippen LogP) is 5.86. The number of unbranched alkanes of at least 4 members (excludes halogenated alkanes) is 1. The van der Waals surface area contributed by atoms with Gasteiger partial charge in [-0.3, -0.25) is 9.78 Å². The molecule has 0 saturated heterocycles. The smallest absolute Gasteiger partial charge is 0.235 e. The van der Waals surface area contributed by atoms with Crippen molar-refractivity contribution in [2.75, 3.05) is 11.9 Å². The van der Waals surface area contributed by atoms with E-state index >= 15 is 0 Å². The Hall–Kier alpha value is -2.88. The molecule has 1 N–H and O–H groups in total. The van der Waals surface area contributed by atoms with Gasteiger partial charge in [0, 0.05) is 11.6 Å². The summed E-state index contributed by atoms with van der Waals surface area (Å²) in [6.07, 6.45) is 7.79. The van der Waals surface area contributed by atoms with Crippen LogP contribution in [0.15, 0.2) is 60.8 Å². The van der Waals surface area contributed by atoms with E-state index in [0.29, 0.717) is 6.61 Å². The van der Waals surface area contributed by atoms with E-state index in [-0.39, 0.29) is 5.91 Å². The summed E-state index contributed by atoms with van der Waals surface area (Å²) in [6, 6.07) is 18.0. The van der Waals surface area contributed by atoms with E-state index in [0.717, 1.165) is 66.4 Å². The Balaban J connectivity index is 1.65. The van der Waals surface area contributed by atoms with Crippen molar-refractivity contribution < 1.29 is 9.53 Å². The van der Waals surface area contributed by atoms with Crippen LogP contribution in [0, 0.1) is 0 Å². The number of nitrogens with one attached hydrogen (secondary N) is 1. The SMILES string of the molecule is CCCCOc1ccc(NC(=O)C2(c3ccccc3)CCCC2)c2cccnc12. The minimum atomic E-state index is -0.452. The summed E-state index contributed by atoms with van der Waals surface area (Å²) in [5, 5.41) is 4.14. The van der Waals surface area contributed by atoms with Crippen molar-refractivity contribution in [1.82, 2.24) is 4.98 Å². The zero-order valence-electron chi connectivity index (χ0n) is 17.0. The number of rotatable bonds is 7. The molecule has 4 heteroatoms. The zero-order chi connectivity index (χ0) is 20.1. The number of hydrogen-bond acceptors (Lipinski definition) is 3. The molecule has 1 aromatic heterocycles. The number of carbonyl (C=O) groups excluding carboxylic acids is 1. The molecule has 4 rings (SSSR count). The number of hydrogen-bond donors (Lipinski definition) is 1. The summed E-state index contributed by atoms with van der Waals surface area (Å²) < 4.78 is 5.93. The van der Waals surface area contributed by atoms with Crippen LogP contribution in [0.5, 0.6) is 5.75 Å². The molecule has 0 bridgehead atoms. The third-order valence-corrected chi connectivity index (χ3v) is 5.95. The molecule has 0 unspecified atom stereocenters. The van der Waals surface area contributed by atoms with Gasteiger partial charge in [0.2, 0.25) is 5.91 Å². The molecule has 150 valence electrons. The second-order valence-electron chi connectivity index (χ2n) is 7.82. The number of aromatic nitrogens is 1. The molecule has 0 aliphatic heterocycles. The van der Waals surface area contributed by atoms with Crippen LogP contribution >= 0.6 is 0 Å². The minimum absolute atomic E-state index is 0.0750. The van der Waals surface area contributed by atoms with Crippen molar-refractivity contribution in [2.24, 2.45) is 0 Å². The first kappa shape index (κ1) is 19.4. The van der Waals surface area contributed by atoms with Crippen LogP contribution in [0.2, 0.25) is 0 Å². The van der Waals surface area contributed by atoms with Crippen molar-refractivity contribution in [2.45, 2.75) is 50.9 Å². The van der Waals surface area contributed by atoms with Crippen LogP contribution in [-0.2, 0) is 10.2 Å². The first-order valence-corrected chi connectivity index (χ1v) is 10.6. The van der Waals surface area contributed by atoms with Crippen molar-refractivity contribution in [3.05, 3.63) is 66.4 Å². The Bertz CT molecular complexity index is 979. The Labute approximate surface area is 172 Å². The average Bonchev–Trinajstić information content (AvgIpc) is 3.27. The Morgan fingerprint density at radius 1 is 1.07 bits per heavy atom. The van der Waals surface area contributed by atoms with Crippen molar-refractivity contribution in [1.29, 1.82) is 0 Å². The average molecular weight is 389 g/mol. The van der Waals surface area contributed by atoms with Crippen molar-refractivity contribution in [3.63, 3.8) is 0 Å². The molecule has 1 aliphatic rings. The van der Waals surface area contributed by atoms with Gasteiger partial charge in [-0.15, -0.1) is 0 Å². The second kappa shape index (κ2) is 8.64. The first-order chi connectivity index (χ1) is 14.2. The lowest BCUT2D eigenvalue weighted by Crippen LogP contribution is -2.38. The molecule has 1 fully saturated rings. The van der Waals surface area contributed by atoms with Gasteiger partial charge in [0.25, 0.3) is 0 Å². The summed E-state index contributed by atoms with van der Waals surface area (Å²) >= 11 is 0. The molecule has 1 saturated carbocycles. The van der Waals surface area contributed by atoms with E-state index in [4.69, 9.17) is 4.74 Å². The Kier molecular flexibility index (Phi) is 5.79. The molecular formula is C25H28N2O2. The maximum atomic E-state index is 13.5. The van der Waals surface area contributed by atoms with E-state index < -0.39 is 5.41 Å². The van der Waals surface area contributed by atoms with E-state index in [1.807, 2.05) is 42.5 Å². The first-order valence-electron chi connectivity index (χ1n) is 10.6. The highest BCUT2D eigenvalue weighted by atomic mass is 16.5. The van der Waals surface area contributed by atoms with E-state index in [9.17, 15) is 4.79 Å². The van der Waals surface area contributed by atoms with Gasteiger partial charge in [0.1, 0.15) is 11.3 Å². The number of ether oxygens (including phenoxy) is 1. The van der Waals surface area contributed by atoms with Gasteiger partial charge in [0.15, 0.2) is 0 Å². The summed E-state index contributed by atoms with van der Waals surface area (Å²) in [6.45, 7) is 2.81. The van der Waals surface area contributed by atoms with E-state index in [1.165, 1.54) is 0 Å². The standard InChI is InChI=1S/C25H28N2O2/c1-2-3-18-29-22-14-13-21(20-12-9-17-26-23(20)22)27-24(28)25(15-7-8-16-25)19-10-5-4-6-11-19/h4-6,9-14,17H,2-3,7-8,15-16,18H2,1H3,(H,27,28). The lowest BCUT2D eigenvalue weighted by atomic mass is 9.78. The molecule has 1 heterocycles. The molecule has 1 aliphatic carbocycles. The quantitative estimate of drug-likeness (QED) is 0.515. The highest BCUT2D eigenvalue weighted by molar-refractivity contribution is 6.06. The van der Waals surface area contributed by atoms with Crippen molar-refractivity contribution >= 4 is 22.5 Å². The minimum Gasteiger partial charge on any atom is -0.491 e. The largest absolute Gasteiger partial charge is 0.491 e. The molecule has 3 aromatic rings. The summed E-state index contributed by atoms with van der Waals surface area (Å²) in [7, 11) is 0. The topological polar surface area (TPSA) is 51.2 Å². The number of nitrogens with zero attached hydrogens (tertiary/aromatic N) is 1. The highest BCUT2D eigenvalue weighted by Crippen LogP contribution is 2.42. The Morgan fingerprint density at radius 3 is 2.62 bits per heavy atom. The summed E-state index contributed by atoms with van der Waals surface area (Å²) in [5.41, 5.74) is 2.24. The summed E-state index contributed by atoms with van der Waals surface area (Å²) in [4.78, 5) is 18.0. The number of amides is 1. The van der Waals surface area contributed by atoms with Gasteiger partial charge in [-0.2, -0.15) is 0 Å². The fraction of sp³-hybridized carbons (Fsp3) is 0.360. The van der Waals surface area contributed by atoms with Crippen LogP contribution in [0.4, 0.5) is 5.69 Å². The molecule has 0 spiro atoms. The molecular weight excluding hydrogens is 360 g/mol. The fourth-order valence-electron chi connectivity index (χ4n) is 4.32. The monoisotopic (exact) mass is 388 g/mol. The van der Waals surface area contributed by atoms with Crippen molar-refractivity contribution in [3.8, 4) is 5.75 Å². The number of anilines is 1. The van der Waals surface area contributed by atoms with Crippen LogP contribution < -0.4 is 10.1 Å². The van der Waals surface area contributed by atoms with Crippen LogP contribution in [0.1, 0.15) is 51.0 Å². The van der Waals surface area contributed by atoms with Crippen LogP contribution in [-0.4, -0.2) is 17.5 Å². The number of carbonyl (C=O) groups is 1. The maximum absolute atomic E-state index is 13.5. The maximum Gasteiger partial charge on any atom is 0.235 e. The second-order valence-corrected chi connectivity index (χ2v) is 7.82. The number of benzene rings is 2. The van der Waals surface area contributed by atoms with Gasteiger partial charge in [-0.25, -0.2) is 0 Å². The normalized spacial score (nSPS) is 15.3. The van der Waals surface area contributed by atoms with Gasteiger partial charge in [0.05, 0.1) is 17.7 Å². The number of pyridine rings is 1.